The molecule has 8 heteroatoms. The van der Waals surface area contributed by atoms with Gasteiger partial charge >= 0.3 is 0 Å². The van der Waals surface area contributed by atoms with Gasteiger partial charge in [0.1, 0.15) is 12.2 Å². The molecule has 0 bridgehead atoms. The van der Waals surface area contributed by atoms with E-state index >= 15 is 0 Å². The van der Waals surface area contributed by atoms with Crippen LogP contribution in [0.5, 0.6) is 0 Å². The number of furan rings is 1. The predicted octanol–water partition coefficient (Wildman–Crippen LogP) is 1.95. The molecule has 1 aliphatic rings. The van der Waals surface area contributed by atoms with Crippen LogP contribution in [0.15, 0.2) is 50.4 Å². The Hall–Kier alpha value is -2.42. The summed E-state index contributed by atoms with van der Waals surface area (Å²) < 4.78 is 38.7. The molecule has 1 saturated heterocycles. The van der Waals surface area contributed by atoms with E-state index in [9.17, 15) is 8.42 Å². The summed E-state index contributed by atoms with van der Waals surface area (Å²) in [7, 11) is -3.49. The van der Waals surface area contributed by atoms with Crippen molar-refractivity contribution in [3.05, 3.63) is 59.0 Å². The molecule has 3 aromatic rings. The summed E-state index contributed by atoms with van der Waals surface area (Å²) in [5.41, 5.74) is 3.54. The molecule has 0 amide bonds. The van der Waals surface area contributed by atoms with Crippen molar-refractivity contribution in [3.8, 4) is 11.5 Å². The highest BCUT2D eigenvalue weighted by Gasteiger charge is 2.32. The van der Waals surface area contributed by atoms with Gasteiger partial charge in [0.25, 0.3) is 0 Å². The molecule has 2 aromatic heterocycles. The number of nitrogens with one attached hydrogen (secondary N) is 1. The number of benzene rings is 1. The number of aryl methyl sites for hydroxylation is 3. The third-order valence-corrected chi connectivity index (χ3v) is 7.59. The van der Waals surface area contributed by atoms with Crippen LogP contribution in [-0.2, 0) is 16.6 Å². The van der Waals surface area contributed by atoms with E-state index in [1.165, 1.54) is 4.90 Å². The summed E-state index contributed by atoms with van der Waals surface area (Å²) in [5.74, 6) is 1.26. The molecule has 0 aliphatic carbocycles. The fraction of sp³-hybridized carbons (Fsp3) is 0.381. The van der Waals surface area contributed by atoms with Gasteiger partial charge in [-0.3, -0.25) is 0 Å². The van der Waals surface area contributed by atoms with Crippen molar-refractivity contribution in [3.63, 3.8) is 0 Å². The van der Waals surface area contributed by atoms with Gasteiger partial charge in [-0.2, -0.15) is 4.31 Å². The summed E-state index contributed by atoms with van der Waals surface area (Å²) in [6.07, 6.45) is 1.60. The van der Waals surface area contributed by atoms with Crippen molar-refractivity contribution in [2.75, 3.05) is 26.2 Å². The SMILES string of the molecule is Cc1cc(C)c(S(=O)(=O)N2CC[NH+](Cc3cc(-c4ccco4)on3)CC2)c(C)c1. The molecule has 0 radical (unpaired) electrons. The maximum absolute atomic E-state index is 13.2. The fourth-order valence-electron chi connectivity index (χ4n) is 4.11. The molecular weight excluding hydrogens is 390 g/mol. The summed E-state index contributed by atoms with van der Waals surface area (Å²) in [6.45, 7) is 8.87. The number of hydrogen-bond acceptors (Lipinski definition) is 5. The third kappa shape index (κ3) is 4.01. The van der Waals surface area contributed by atoms with Crippen molar-refractivity contribution in [1.82, 2.24) is 9.46 Å². The number of sulfonamides is 1. The normalized spacial score (nSPS) is 16.4. The lowest BCUT2D eigenvalue weighted by Crippen LogP contribution is -3.13. The first-order valence-electron chi connectivity index (χ1n) is 9.75. The monoisotopic (exact) mass is 416 g/mol. The molecular formula is C21H26N3O4S+. The summed E-state index contributed by atoms with van der Waals surface area (Å²) >= 11 is 0. The second kappa shape index (κ2) is 7.78. The summed E-state index contributed by atoms with van der Waals surface area (Å²) in [4.78, 5) is 1.74. The number of nitrogens with zero attached hydrogens (tertiary/aromatic N) is 2. The first-order chi connectivity index (χ1) is 13.8. The van der Waals surface area contributed by atoms with E-state index in [0.717, 1.165) is 35.5 Å². The van der Waals surface area contributed by atoms with Crippen molar-refractivity contribution >= 4 is 10.0 Å². The molecule has 0 saturated carbocycles. The van der Waals surface area contributed by atoms with Gasteiger partial charge in [-0.25, -0.2) is 8.42 Å². The molecule has 1 aromatic carbocycles. The zero-order valence-electron chi connectivity index (χ0n) is 16.9. The first-order valence-corrected chi connectivity index (χ1v) is 11.2. The fourth-order valence-corrected chi connectivity index (χ4v) is 5.96. The van der Waals surface area contributed by atoms with E-state index in [1.54, 1.807) is 16.6 Å². The number of hydrogen-bond donors (Lipinski definition) is 1. The van der Waals surface area contributed by atoms with E-state index < -0.39 is 10.0 Å². The molecule has 1 aliphatic heterocycles. The Morgan fingerprint density at radius 2 is 1.76 bits per heavy atom. The minimum absolute atomic E-state index is 0.450. The molecule has 0 spiro atoms. The summed E-state index contributed by atoms with van der Waals surface area (Å²) in [6, 6.07) is 9.38. The smallest absolute Gasteiger partial charge is 0.244 e. The Balaban J connectivity index is 1.42. The Labute approximate surface area is 170 Å². The van der Waals surface area contributed by atoms with Crippen molar-refractivity contribution < 1.29 is 22.3 Å². The van der Waals surface area contributed by atoms with Crippen molar-refractivity contribution in [1.29, 1.82) is 0 Å². The van der Waals surface area contributed by atoms with Crippen LogP contribution in [0.1, 0.15) is 22.4 Å². The Kier molecular flexibility index (Phi) is 5.33. The van der Waals surface area contributed by atoms with Gasteiger partial charge in [0.2, 0.25) is 15.8 Å². The van der Waals surface area contributed by atoms with E-state index in [0.29, 0.717) is 36.1 Å². The molecule has 3 heterocycles. The Morgan fingerprint density at radius 3 is 2.38 bits per heavy atom. The number of rotatable bonds is 5. The summed E-state index contributed by atoms with van der Waals surface area (Å²) in [5, 5.41) is 4.13. The van der Waals surface area contributed by atoms with Gasteiger partial charge in [0.15, 0.2) is 5.76 Å². The largest absolute Gasteiger partial charge is 0.461 e. The maximum Gasteiger partial charge on any atom is 0.244 e. The molecule has 0 atom stereocenters. The van der Waals surface area contributed by atoms with E-state index in [-0.39, 0.29) is 0 Å². The van der Waals surface area contributed by atoms with Crippen LogP contribution < -0.4 is 4.90 Å². The molecule has 29 heavy (non-hydrogen) atoms. The van der Waals surface area contributed by atoms with Gasteiger partial charge in [0, 0.05) is 6.07 Å². The maximum atomic E-state index is 13.2. The lowest BCUT2D eigenvalue weighted by Gasteiger charge is -2.31. The number of aromatic nitrogens is 1. The van der Waals surface area contributed by atoms with Crippen molar-refractivity contribution in [2.45, 2.75) is 32.2 Å². The van der Waals surface area contributed by atoms with Gasteiger partial charge in [-0.15, -0.1) is 0 Å². The Morgan fingerprint density at radius 1 is 1.07 bits per heavy atom. The lowest BCUT2D eigenvalue weighted by molar-refractivity contribution is -0.917. The highest BCUT2D eigenvalue weighted by molar-refractivity contribution is 7.89. The minimum Gasteiger partial charge on any atom is -0.461 e. The average Bonchev–Trinajstić information content (AvgIpc) is 3.32. The average molecular weight is 417 g/mol. The third-order valence-electron chi connectivity index (χ3n) is 5.39. The van der Waals surface area contributed by atoms with Crippen LogP contribution in [0, 0.1) is 20.8 Å². The standard InChI is InChI=1S/C21H25N3O4S/c1-15-11-16(2)21(17(3)12-15)29(25,26)24-8-6-23(7-9-24)14-18-13-20(28-22-18)19-5-4-10-27-19/h4-5,10-13H,6-9,14H2,1-3H3/p+1. The second-order valence-electron chi connectivity index (χ2n) is 7.72. The predicted molar refractivity (Wildman–Crippen MR) is 108 cm³/mol. The van der Waals surface area contributed by atoms with Crippen LogP contribution in [0.25, 0.3) is 11.5 Å². The molecule has 0 unspecified atom stereocenters. The quantitative estimate of drug-likeness (QED) is 0.688. The van der Waals surface area contributed by atoms with Crippen LogP contribution in [-0.4, -0.2) is 44.1 Å². The minimum atomic E-state index is -3.49. The zero-order valence-corrected chi connectivity index (χ0v) is 17.8. The Bertz CT molecular complexity index is 1070. The van der Waals surface area contributed by atoms with Gasteiger partial charge in [0.05, 0.1) is 37.3 Å². The topological polar surface area (TPSA) is 81.0 Å². The van der Waals surface area contributed by atoms with Crippen LogP contribution in [0.2, 0.25) is 0 Å². The molecule has 4 rings (SSSR count). The first kappa shape index (κ1) is 19.9. The van der Waals surface area contributed by atoms with E-state index in [2.05, 4.69) is 5.16 Å². The van der Waals surface area contributed by atoms with E-state index in [4.69, 9.17) is 8.94 Å². The number of piperazine rings is 1. The van der Waals surface area contributed by atoms with Gasteiger partial charge < -0.3 is 13.8 Å². The molecule has 7 nitrogen and oxygen atoms in total. The zero-order chi connectivity index (χ0) is 20.6. The van der Waals surface area contributed by atoms with Crippen LogP contribution in [0.4, 0.5) is 0 Å². The lowest BCUT2D eigenvalue weighted by atomic mass is 10.1. The van der Waals surface area contributed by atoms with Crippen LogP contribution in [0.3, 0.4) is 0 Å². The highest BCUT2D eigenvalue weighted by Crippen LogP contribution is 2.25. The van der Waals surface area contributed by atoms with Crippen LogP contribution >= 0.6 is 0 Å². The second-order valence-corrected chi connectivity index (χ2v) is 9.59. The molecule has 1 N–H and O–H groups in total. The van der Waals surface area contributed by atoms with Gasteiger partial charge in [-0.1, -0.05) is 22.9 Å². The van der Waals surface area contributed by atoms with E-state index in [1.807, 2.05) is 45.0 Å². The molecule has 154 valence electrons. The number of quaternary nitrogens is 1. The molecule has 1 fully saturated rings. The van der Waals surface area contributed by atoms with Crippen molar-refractivity contribution in [2.24, 2.45) is 0 Å². The van der Waals surface area contributed by atoms with Gasteiger partial charge in [-0.05, 0) is 44.0 Å². The highest BCUT2D eigenvalue weighted by atomic mass is 32.2.